The van der Waals surface area contributed by atoms with Crippen LogP contribution in [0.1, 0.15) is 12.5 Å². The molecule has 1 atom stereocenters. The third-order valence-corrected chi connectivity index (χ3v) is 4.56. The molecule has 1 aromatic rings. The maximum atomic E-state index is 6.20. The summed E-state index contributed by atoms with van der Waals surface area (Å²) in [7, 11) is 4.36. The van der Waals surface area contributed by atoms with Crippen molar-refractivity contribution >= 4 is 41.5 Å². The van der Waals surface area contributed by atoms with Gasteiger partial charge in [-0.05, 0) is 32.6 Å². The Bertz CT molecular complexity index is 525. The van der Waals surface area contributed by atoms with E-state index < -0.39 is 0 Å². The van der Waals surface area contributed by atoms with Crippen LogP contribution in [0.5, 0.6) is 0 Å². The predicted octanol–water partition coefficient (Wildman–Crippen LogP) is 2.26. The Morgan fingerprint density at radius 3 is 2.71 bits per heavy atom. The Balaban J connectivity index is 0.00000288. The van der Waals surface area contributed by atoms with Crippen LogP contribution in [0.25, 0.3) is 0 Å². The lowest BCUT2D eigenvalue weighted by molar-refractivity contribution is 0.116. The van der Waals surface area contributed by atoms with E-state index in [1.165, 1.54) is 0 Å². The SMILES string of the molecule is CCNC(=NCc1ccccc1Cl)NCC1CN(C)CCN1C.I. The van der Waals surface area contributed by atoms with Crippen molar-refractivity contribution in [3.63, 3.8) is 0 Å². The summed E-state index contributed by atoms with van der Waals surface area (Å²) >= 11 is 6.20. The van der Waals surface area contributed by atoms with Gasteiger partial charge in [-0.1, -0.05) is 29.8 Å². The smallest absolute Gasteiger partial charge is 0.191 e. The second-order valence-corrected chi connectivity index (χ2v) is 6.47. The normalized spacial score (nSPS) is 19.7. The molecule has 0 radical (unpaired) electrons. The summed E-state index contributed by atoms with van der Waals surface area (Å²) < 4.78 is 0. The molecule has 0 saturated carbocycles. The lowest BCUT2D eigenvalue weighted by atomic mass is 10.2. The zero-order valence-corrected chi connectivity index (χ0v) is 17.8. The van der Waals surface area contributed by atoms with E-state index in [0.29, 0.717) is 12.6 Å². The van der Waals surface area contributed by atoms with Crippen molar-refractivity contribution in [2.24, 2.45) is 4.99 Å². The first-order valence-electron chi connectivity index (χ1n) is 8.24. The van der Waals surface area contributed by atoms with Gasteiger partial charge in [-0.15, -0.1) is 24.0 Å². The van der Waals surface area contributed by atoms with Gasteiger partial charge in [0.15, 0.2) is 5.96 Å². The highest BCUT2D eigenvalue weighted by Gasteiger charge is 2.21. The third-order valence-electron chi connectivity index (χ3n) is 4.19. The van der Waals surface area contributed by atoms with Gasteiger partial charge < -0.3 is 15.5 Å². The van der Waals surface area contributed by atoms with E-state index in [-0.39, 0.29) is 24.0 Å². The van der Waals surface area contributed by atoms with Crippen LogP contribution in [0, 0.1) is 0 Å². The zero-order chi connectivity index (χ0) is 16.7. The fourth-order valence-electron chi connectivity index (χ4n) is 2.67. The monoisotopic (exact) mass is 465 g/mol. The molecule has 136 valence electrons. The van der Waals surface area contributed by atoms with Crippen molar-refractivity contribution in [1.29, 1.82) is 0 Å². The fraction of sp³-hybridized carbons (Fsp3) is 0.588. The van der Waals surface area contributed by atoms with E-state index in [0.717, 1.165) is 49.3 Å². The number of halogens is 2. The van der Waals surface area contributed by atoms with Gasteiger partial charge in [0.1, 0.15) is 0 Å². The minimum Gasteiger partial charge on any atom is -0.357 e. The predicted molar refractivity (Wildman–Crippen MR) is 114 cm³/mol. The first-order valence-corrected chi connectivity index (χ1v) is 8.62. The molecule has 0 amide bonds. The number of guanidine groups is 1. The van der Waals surface area contributed by atoms with Crippen molar-refractivity contribution in [1.82, 2.24) is 20.4 Å². The van der Waals surface area contributed by atoms with Crippen molar-refractivity contribution in [2.75, 3.05) is 46.8 Å². The Hall–Kier alpha value is -0.570. The Kier molecular flexibility index (Phi) is 9.95. The van der Waals surface area contributed by atoms with Crippen molar-refractivity contribution in [3.8, 4) is 0 Å². The van der Waals surface area contributed by atoms with Gasteiger partial charge in [0.25, 0.3) is 0 Å². The molecule has 1 aliphatic rings. The number of piperazine rings is 1. The maximum Gasteiger partial charge on any atom is 0.191 e. The number of nitrogens with one attached hydrogen (secondary N) is 2. The Morgan fingerprint density at radius 2 is 2.00 bits per heavy atom. The van der Waals surface area contributed by atoms with Crippen LogP contribution in [-0.2, 0) is 6.54 Å². The lowest BCUT2D eigenvalue weighted by Gasteiger charge is -2.37. The molecule has 5 nitrogen and oxygen atoms in total. The molecule has 0 spiro atoms. The number of aliphatic imine (C=N–C) groups is 1. The Labute approximate surface area is 167 Å². The molecular formula is C17H29ClIN5. The molecule has 1 heterocycles. The lowest BCUT2D eigenvalue weighted by Crippen LogP contribution is -2.55. The summed E-state index contributed by atoms with van der Waals surface area (Å²) in [6.45, 7) is 7.70. The van der Waals surface area contributed by atoms with Crippen LogP contribution >= 0.6 is 35.6 Å². The number of hydrogen-bond donors (Lipinski definition) is 2. The van der Waals surface area contributed by atoms with E-state index in [9.17, 15) is 0 Å². The molecule has 1 aromatic carbocycles. The zero-order valence-electron chi connectivity index (χ0n) is 14.8. The minimum atomic E-state index is 0. The first kappa shape index (κ1) is 21.5. The summed E-state index contributed by atoms with van der Waals surface area (Å²) in [5.41, 5.74) is 1.04. The fourth-order valence-corrected chi connectivity index (χ4v) is 2.86. The first-order chi connectivity index (χ1) is 11.1. The molecule has 0 aromatic heterocycles. The average molecular weight is 466 g/mol. The van der Waals surface area contributed by atoms with Crippen LogP contribution in [-0.4, -0.2) is 68.6 Å². The van der Waals surface area contributed by atoms with Gasteiger partial charge in [0.05, 0.1) is 6.54 Å². The Morgan fingerprint density at radius 1 is 1.25 bits per heavy atom. The van der Waals surface area contributed by atoms with Crippen molar-refractivity contribution in [2.45, 2.75) is 19.5 Å². The maximum absolute atomic E-state index is 6.20. The summed E-state index contributed by atoms with van der Waals surface area (Å²) in [6, 6.07) is 8.34. The third kappa shape index (κ3) is 6.74. The molecule has 1 saturated heterocycles. The molecule has 0 bridgehead atoms. The van der Waals surface area contributed by atoms with Gasteiger partial charge >= 0.3 is 0 Å². The highest BCUT2D eigenvalue weighted by atomic mass is 127. The second kappa shape index (κ2) is 11.1. The van der Waals surface area contributed by atoms with Crippen LogP contribution in [0.4, 0.5) is 0 Å². The highest BCUT2D eigenvalue weighted by molar-refractivity contribution is 14.0. The molecule has 2 N–H and O–H groups in total. The van der Waals surface area contributed by atoms with Crippen LogP contribution in [0.3, 0.4) is 0 Å². The standard InChI is InChI=1S/C17H28ClN5.HI/c1-4-19-17(20-11-14-7-5-6-8-16(14)18)21-12-15-13-22(2)9-10-23(15)3;/h5-8,15H,4,9-13H2,1-3H3,(H2,19,20,21);1H. The molecule has 2 rings (SSSR count). The number of benzene rings is 1. The van der Waals surface area contributed by atoms with Crippen molar-refractivity contribution in [3.05, 3.63) is 34.9 Å². The van der Waals surface area contributed by atoms with Gasteiger partial charge in [-0.3, -0.25) is 4.90 Å². The topological polar surface area (TPSA) is 42.9 Å². The summed E-state index contributed by atoms with van der Waals surface area (Å²) in [5.74, 6) is 0.842. The van der Waals surface area contributed by atoms with E-state index >= 15 is 0 Å². The van der Waals surface area contributed by atoms with Crippen molar-refractivity contribution < 1.29 is 0 Å². The van der Waals surface area contributed by atoms with Crippen LogP contribution in [0.2, 0.25) is 5.02 Å². The van der Waals surface area contributed by atoms with E-state index in [4.69, 9.17) is 11.6 Å². The number of rotatable bonds is 5. The second-order valence-electron chi connectivity index (χ2n) is 6.06. The van der Waals surface area contributed by atoms with E-state index in [2.05, 4.69) is 46.4 Å². The number of hydrogen-bond acceptors (Lipinski definition) is 3. The van der Waals surface area contributed by atoms with E-state index in [1.54, 1.807) is 0 Å². The van der Waals surface area contributed by atoms with Gasteiger partial charge in [0.2, 0.25) is 0 Å². The summed E-state index contributed by atoms with van der Waals surface area (Å²) in [5, 5.41) is 7.52. The summed E-state index contributed by atoms with van der Waals surface area (Å²) in [6.07, 6.45) is 0. The van der Waals surface area contributed by atoms with Gasteiger partial charge in [0, 0.05) is 43.8 Å². The van der Waals surface area contributed by atoms with E-state index in [1.807, 2.05) is 24.3 Å². The number of likely N-dealkylation sites (N-methyl/N-ethyl adjacent to an activating group) is 2. The minimum absolute atomic E-state index is 0. The molecule has 1 aliphatic heterocycles. The van der Waals surface area contributed by atoms with Crippen LogP contribution in [0.15, 0.2) is 29.3 Å². The molecular weight excluding hydrogens is 437 g/mol. The molecule has 1 fully saturated rings. The van der Waals surface area contributed by atoms with Gasteiger partial charge in [-0.2, -0.15) is 0 Å². The highest BCUT2D eigenvalue weighted by Crippen LogP contribution is 2.15. The quantitative estimate of drug-likeness (QED) is 0.398. The molecule has 0 aliphatic carbocycles. The average Bonchev–Trinajstić information content (AvgIpc) is 2.54. The largest absolute Gasteiger partial charge is 0.357 e. The molecule has 24 heavy (non-hydrogen) atoms. The summed E-state index contributed by atoms with van der Waals surface area (Å²) in [4.78, 5) is 9.43. The molecule has 7 heteroatoms. The number of nitrogens with zero attached hydrogens (tertiary/aromatic N) is 3. The van der Waals surface area contributed by atoms with Crippen LogP contribution < -0.4 is 10.6 Å². The van der Waals surface area contributed by atoms with Gasteiger partial charge in [-0.25, -0.2) is 4.99 Å². The molecule has 1 unspecified atom stereocenters.